The minimum Gasteiger partial charge on any atom is -0.384 e. The zero-order chi connectivity index (χ0) is 15.3. The Morgan fingerprint density at radius 1 is 1.40 bits per heavy atom. The van der Waals surface area contributed by atoms with E-state index in [1.807, 2.05) is 0 Å². The molecule has 1 aromatic rings. The number of amidine groups is 1. The Bertz CT molecular complexity index is 585. The van der Waals surface area contributed by atoms with E-state index in [-0.39, 0.29) is 23.5 Å². The third kappa shape index (κ3) is 3.99. The van der Waals surface area contributed by atoms with Crippen molar-refractivity contribution in [3.8, 4) is 0 Å². The Morgan fingerprint density at radius 2 is 2.00 bits per heavy atom. The molecule has 0 aromatic heterocycles. The van der Waals surface area contributed by atoms with E-state index in [9.17, 15) is 12.8 Å². The third-order valence-electron chi connectivity index (χ3n) is 2.85. The Kier molecular flexibility index (Phi) is 5.61. The molecule has 0 aliphatic heterocycles. The van der Waals surface area contributed by atoms with E-state index in [1.54, 1.807) is 13.8 Å². The van der Waals surface area contributed by atoms with Crippen LogP contribution in [0.15, 0.2) is 18.2 Å². The first-order valence-electron chi connectivity index (χ1n) is 6.19. The summed E-state index contributed by atoms with van der Waals surface area (Å²) in [6, 6.07) is 4.01. The standard InChI is InChI=1S/C12H19FN4O2S/c1-3-17(4-2)20(18,19)16-8-10-6-5-9(12(14)15)7-11(10)13/h5-7,16H,3-4,8H2,1-2H3,(H3,14,15). The average molecular weight is 302 g/mol. The van der Waals surface area contributed by atoms with Crippen LogP contribution in [0.2, 0.25) is 0 Å². The fourth-order valence-electron chi connectivity index (χ4n) is 1.68. The van der Waals surface area contributed by atoms with Crippen LogP contribution in [-0.4, -0.2) is 31.6 Å². The van der Waals surface area contributed by atoms with E-state index in [4.69, 9.17) is 11.1 Å². The molecule has 0 amide bonds. The molecule has 112 valence electrons. The summed E-state index contributed by atoms with van der Waals surface area (Å²) >= 11 is 0. The Balaban J connectivity index is 2.83. The molecular formula is C12H19FN4O2S. The van der Waals surface area contributed by atoms with Gasteiger partial charge in [-0.25, -0.2) is 4.39 Å². The SMILES string of the molecule is CCN(CC)S(=O)(=O)NCc1ccc(C(=N)N)cc1F. The first-order chi connectivity index (χ1) is 9.31. The maximum Gasteiger partial charge on any atom is 0.279 e. The highest BCUT2D eigenvalue weighted by Crippen LogP contribution is 2.11. The van der Waals surface area contributed by atoms with Crippen molar-refractivity contribution in [2.45, 2.75) is 20.4 Å². The van der Waals surface area contributed by atoms with Crippen LogP contribution in [0.1, 0.15) is 25.0 Å². The van der Waals surface area contributed by atoms with Gasteiger partial charge in [-0.1, -0.05) is 26.0 Å². The van der Waals surface area contributed by atoms with E-state index in [1.165, 1.54) is 16.4 Å². The van der Waals surface area contributed by atoms with E-state index >= 15 is 0 Å². The van der Waals surface area contributed by atoms with Crippen LogP contribution in [0.3, 0.4) is 0 Å². The molecule has 20 heavy (non-hydrogen) atoms. The van der Waals surface area contributed by atoms with Crippen molar-refractivity contribution in [1.82, 2.24) is 9.03 Å². The van der Waals surface area contributed by atoms with Gasteiger partial charge in [0.15, 0.2) is 0 Å². The summed E-state index contributed by atoms with van der Waals surface area (Å²) in [6.07, 6.45) is 0. The molecule has 0 aliphatic carbocycles. The lowest BCUT2D eigenvalue weighted by Crippen LogP contribution is -2.40. The molecule has 0 radical (unpaired) electrons. The molecule has 0 unspecified atom stereocenters. The van der Waals surface area contributed by atoms with Crippen LogP contribution in [0.5, 0.6) is 0 Å². The first kappa shape index (κ1) is 16.5. The highest BCUT2D eigenvalue weighted by atomic mass is 32.2. The van der Waals surface area contributed by atoms with Gasteiger partial charge in [0, 0.05) is 30.8 Å². The molecule has 0 saturated heterocycles. The lowest BCUT2D eigenvalue weighted by atomic mass is 10.1. The van der Waals surface area contributed by atoms with Crippen molar-refractivity contribution in [1.29, 1.82) is 5.41 Å². The van der Waals surface area contributed by atoms with Crippen LogP contribution in [0.4, 0.5) is 4.39 Å². The van der Waals surface area contributed by atoms with E-state index in [2.05, 4.69) is 4.72 Å². The van der Waals surface area contributed by atoms with Crippen molar-refractivity contribution in [2.75, 3.05) is 13.1 Å². The number of rotatable bonds is 7. The number of hydrogen-bond donors (Lipinski definition) is 3. The molecule has 1 aromatic carbocycles. The highest BCUT2D eigenvalue weighted by Gasteiger charge is 2.18. The lowest BCUT2D eigenvalue weighted by molar-refractivity contribution is 0.434. The molecule has 0 heterocycles. The number of nitrogens with zero attached hydrogens (tertiary/aromatic N) is 1. The average Bonchev–Trinajstić information content (AvgIpc) is 2.38. The van der Waals surface area contributed by atoms with Gasteiger partial charge >= 0.3 is 0 Å². The molecule has 0 fully saturated rings. The van der Waals surface area contributed by atoms with Crippen LogP contribution in [-0.2, 0) is 16.8 Å². The monoisotopic (exact) mass is 302 g/mol. The van der Waals surface area contributed by atoms with Crippen LogP contribution in [0, 0.1) is 11.2 Å². The van der Waals surface area contributed by atoms with Crippen molar-refractivity contribution in [3.05, 3.63) is 35.1 Å². The maximum absolute atomic E-state index is 13.7. The molecule has 4 N–H and O–H groups in total. The number of benzene rings is 1. The van der Waals surface area contributed by atoms with Crippen molar-refractivity contribution >= 4 is 16.0 Å². The minimum atomic E-state index is -3.61. The van der Waals surface area contributed by atoms with Crippen molar-refractivity contribution in [3.63, 3.8) is 0 Å². The summed E-state index contributed by atoms with van der Waals surface area (Å²) in [5.74, 6) is -0.834. The number of nitrogens with one attached hydrogen (secondary N) is 2. The summed E-state index contributed by atoms with van der Waals surface area (Å²) in [5.41, 5.74) is 5.71. The zero-order valence-corrected chi connectivity index (χ0v) is 12.3. The summed E-state index contributed by atoms with van der Waals surface area (Å²) in [4.78, 5) is 0. The van der Waals surface area contributed by atoms with Crippen LogP contribution in [0.25, 0.3) is 0 Å². The number of halogens is 1. The van der Waals surface area contributed by atoms with Gasteiger partial charge in [0.25, 0.3) is 10.2 Å². The third-order valence-corrected chi connectivity index (χ3v) is 4.56. The van der Waals surface area contributed by atoms with Gasteiger partial charge in [-0.2, -0.15) is 17.4 Å². The molecule has 0 saturated carbocycles. The molecule has 8 heteroatoms. The van der Waals surface area contributed by atoms with Gasteiger partial charge in [-0.3, -0.25) is 5.41 Å². The smallest absolute Gasteiger partial charge is 0.279 e. The predicted octanol–water partition coefficient (Wildman–Crippen LogP) is 0.786. The van der Waals surface area contributed by atoms with Crippen LogP contribution >= 0.6 is 0 Å². The quantitative estimate of drug-likeness (QED) is 0.513. The normalized spacial score (nSPS) is 11.8. The van der Waals surface area contributed by atoms with Gasteiger partial charge in [-0.15, -0.1) is 0 Å². The maximum atomic E-state index is 13.7. The summed E-state index contributed by atoms with van der Waals surface area (Å²) in [6.45, 7) is 3.99. The Hall–Kier alpha value is -1.51. The van der Waals surface area contributed by atoms with E-state index < -0.39 is 16.0 Å². The zero-order valence-electron chi connectivity index (χ0n) is 11.5. The highest BCUT2D eigenvalue weighted by molar-refractivity contribution is 7.87. The second kappa shape index (κ2) is 6.78. The van der Waals surface area contributed by atoms with Gasteiger partial charge in [0.2, 0.25) is 0 Å². The molecule has 1 rings (SSSR count). The second-order valence-corrected chi connectivity index (χ2v) is 5.89. The van der Waals surface area contributed by atoms with Gasteiger partial charge in [0.05, 0.1) is 0 Å². The van der Waals surface area contributed by atoms with Gasteiger partial charge < -0.3 is 5.73 Å². The summed E-state index contributed by atoms with van der Waals surface area (Å²) < 4.78 is 41.1. The predicted molar refractivity (Wildman–Crippen MR) is 76.1 cm³/mol. The number of hydrogen-bond acceptors (Lipinski definition) is 3. The molecule has 0 atom stereocenters. The molecule has 6 nitrogen and oxygen atoms in total. The lowest BCUT2D eigenvalue weighted by Gasteiger charge is -2.19. The first-order valence-corrected chi connectivity index (χ1v) is 7.63. The van der Waals surface area contributed by atoms with E-state index in [0.717, 1.165) is 6.07 Å². The Morgan fingerprint density at radius 3 is 2.45 bits per heavy atom. The number of nitrogens with two attached hydrogens (primary N) is 1. The van der Waals surface area contributed by atoms with E-state index in [0.29, 0.717) is 13.1 Å². The molecule has 0 aliphatic rings. The fourth-order valence-corrected chi connectivity index (χ4v) is 2.88. The summed E-state index contributed by atoms with van der Waals surface area (Å²) in [5, 5.41) is 7.20. The summed E-state index contributed by atoms with van der Waals surface area (Å²) in [7, 11) is -3.61. The fraction of sp³-hybridized carbons (Fsp3) is 0.417. The second-order valence-electron chi connectivity index (χ2n) is 4.13. The van der Waals surface area contributed by atoms with Gasteiger partial charge in [0.1, 0.15) is 11.7 Å². The molecule has 0 spiro atoms. The van der Waals surface area contributed by atoms with Crippen LogP contribution < -0.4 is 10.5 Å². The Labute approximate surface area is 118 Å². The minimum absolute atomic E-state index is 0.150. The molecule has 0 bridgehead atoms. The van der Waals surface area contributed by atoms with Crippen molar-refractivity contribution < 1.29 is 12.8 Å². The largest absolute Gasteiger partial charge is 0.384 e. The molecular weight excluding hydrogens is 283 g/mol. The topological polar surface area (TPSA) is 99.3 Å². The number of nitrogen functional groups attached to an aromatic ring is 1. The van der Waals surface area contributed by atoms with Gasteiger partial charge in [-0.05, 0) is 6.07 Å². The van der Waals surface area contributed by atoms with Crippen molar-refractivity contribution in [2.24, 2.45) is 5.73 Å².